The van der Waals surface area contributed by atoms with Crippen molar-refractivity contribution in [1.82, 2.24) is 5.32 Å². The lowest BCUT2D eigenvalue weighted by atomic mass is 10.2. The van der Waals surface area contributed by atoms with Crippen molar-refractivity contribution in [3.63, 3.8) is 0 Å². The Labute approximate surface area is 123 Å². The maximum absolute atomic E-state index is 10.8. The van der Waals surface area contributed by atoms with Gasteiger partial charge in [-0.3, -0.25) is 4.79 Å². The minimum absolute atomic E-state index is 0.174. The molecule has 0 radical (unpaired) electrons. The van der Waals surface area contributed by atoms with Gasteiger partial charge < -0.3 is 15.7 Å². The molecule has 1 amide bonds. The maximum Gasteiger partial charge on any atom is 0.328 e. The number of halogens is 1. The lowest BCUT2D eigenvalue weighted by Gasteiger charge is -2.10. The number of aliphatic carboxylic acids is 1. The molecule has 1 aromatic carbocycles. The van der Waals surface area contributed by atoms with Crippen molar-refractivity contribution < 1.29 is 14.7 Å². The van der Waals surface area contributed by atoms with Gasteiger partial charge in [-0.15, -0.1) is 0 Å². The predicted molar refractivity (Wildman–Crippen MR) is 80.8 cm³/mol. The second-order valence-electron chi connectivity index (χ2n) is 3.55. The Hall–Kier alpha value is -1.73. The van der Waals surface area contributed by atoms with Gasteiger partial charge in [0.05, 0.1) is 5.69 Å². The highest BCUT2D eigenvalue weighted by Crippen LogP contribution is 2.24. The number of hydrogen-bond acceptors (Lipinski definition) is 3. The van der Waals surface area contributed by atoms with Gasteiger partial charge in [0.15, 0.2) is 5.11 Å². The normalized spacial score (nSPS) is 10.2. The highest BCUT2D eigenvalue weighted by molar-refractivity contribution is 9.10. The van der Waals surface area contributed by atoms with Crippen molar-refractivity contribution in [3.8, 4) is 0 Å². The van der Waals surface area contributed by atoms with Gasteiger partial charge in [0.1, 0.15) is 0 Å². The molecule has 1 aromatic rings. The van der Waals surface area contributed by atoms with Crippen LogP contribution in [0, 0.1) is 0 Å². The largest absolute Gasteiger partial charge is 0.478 e. The molecule has 0 aliphatic rings. The first kappa shape index (κ1) is 15.3. The van der Waals surface area contributed by atoms with Crippen LogP contribution in [0.25, 0.3) is 6.08 Å². The average molecular weight is 343 g/mol. The highest BCUT2D eigenvalue weighted by atomic mass is 79.9. The van der Waals surface area contributed by atoms with Crippen molar-refractivity contribution in [2.75, 3.05) is 5.32 Å². The number of carbonyl (C=O) groups is 2. The molecule has 0 saturated carbocycles. The molecule has 7 heteroatoms. The summed E-state index contributed by atoms with van der Waals surface area (Å²) in [6, 6.07) is 5.20. The minimum Gasteiger partial charge on any atom is -0.478 e. The van der Waals surface area contributed by atoms with E-state index in [1.165, 1.54) is 13.0 Å². The summed E-state index contributed by atoms with van der Waals surface area (Å²) < 4.78 is 0.743. The van der Waals surface area contributed by atoms with Gasteiger partial charge in [-0.25, -0.2) is 4.79 Å². The van der Waals surface area contributed by atoms with Crippen molar-refractivity contribution in [2.24, 2.45) is 0 Å². The summed E-state index contributed by atoms with van der Waals surface area (Å²) in [5.41, 5.74) is 1.32. The summed E-state index contributed by atoms with van der Waals surface area (Å²) in [6.45, 7) is 1.36. The smallest absolute Gasteiger partial charge is 0.328 e. The summed E-state index contributed by atoms with van der Waals surface area (Å²) in [7, 11) is 0. The van der Waals surface area contributed by atoms with Crippen LogP contribution in [0.2, 0.25) is 0 Å². The molecule has 0 bridgehead atoms. The van der Waals surface area contributed by atoms with Crippen molar-refractivity contribution in [2.45, 2.75) is 6.92 Å². The van der Waals surface area contributed by atoms with E-state index in [2.05, 4.69) is 26.6 Å². The number of thiocarbonyl (C=S) groups is 1. The summed E-state index contributed by atoms with van der Waals surface area (Å²) in [5.74, 6) is -1.29. The van der Waals surface area contributed by atoms with Crippen LogP contribution in [0.1, 0.15) is 12.5 Å². The standard InChI is InChI=1S/C12H11BrN2O3S/c1-7(16)14-12(19)15-10-6-8(2-4-9(10)13)3-5-11(17)18/h2-6H,1H3,(H,17,18)(H2,14,15,16,19)/b5-3+. The van der Waals surface area contributed by atoms with Crippen LogP contribution in [0.3, 0.4) is 0 Å². The Balaban J connectivity index is 2.88. The van der Waals surface area contributed by atoms with Gasteiger partial charge in [-0.1, -0.05) is 6.07 Å². The third kappa shape index (κ3) is 5.62. The van der Waals surface area contributed by atoms with Crippen molar-refractivity contribution in [3.05, 3.63) is 34.3 Å². The number of anilines is 1. The lowest BCUT2D eigenvalue weighted by Crippen LogP contribution is -2.32. The number of carboxylic acid groups (broad SMARTS) is 1. The first-order valence-electron chi connectivity index (χ1n) is 5.17. The fourth-order valence-corrected chi connectivity index (χ4v) is 1.82. The minimum atomic E-state index is -1.02. The summed E-state index contributed by atoms with van der Waals surface area (Å²) in [4.78, 5) is 21.3. The Morgan fingerprint density at radius 2 is 2.11 bits per heavy atom. The Bertz CT molecular complexity index is 558. The average Bonchev–Trinajstić information content (AvgIpc) is 2.29. The van der Waals surface area contributed by atoms with Crippen LogP contribution < -0.4 is 10.6 Å². The molecule has 5 nitrogen and oxygen atoms in total. The van der Waals surface area contributed by atoms with Gasteiger partial charge in [0.25, 0.3) is 0 Å². The van der Waals surface area contributed by atoms with E-state index in [0.717, 1.165) is 10.5 Å². The monoisotopic (exact) mass is 342 g/mol. The van der Waals surface area contributed by atoms with Crippen LogP contribution in [0.15, 0.2) is 28.7 Å². The second kappa shape index (κ2) is 7.01. The van der Waals surface area contributed by atoms with Gasteiger partial charge in [0.2, 0.25) is 5.91 Å². The zero-order chi connectivity index (χ0) is 14.4. The molecule has 100 valence electrons. The first-order chi connectivity index (χ1) is 8.88. The van der Waals surface area contributed by atoms with E-state index >= 15 is 0 Å². The number of rotatable bonds is 3. The molecular weight excluding hydrogens is 332 g/mol. The molecule has 0 saturated heterocycles. The van der Waals surface area contributed by atoms with Gasteiger partial charge in [0, 0.05) is 17.5 Å². The van der Waals surface area contributed by atoms with E-state index < -0.39 is 5.97 Å². The van der Waals surface area contributed by atoms with Gasteiger partial charge in [-0.05, 0) is 51.9 Å². The van der Waals surface area contributed by atoms with Crippen LogP contribution >= 0.6 is 28.1 Å². The number of amides is 1. The topological polar surface area (TPSA) is 78.4 Å². The zero-order valence-corrected chi connectivity index (χ0v) is 12.3. The number of nitrogens with one attached hydrogen (secondary N) is 2. The second-order valence-corrected chi connectivity index (χ2v) is 4.81. The molecule has 0 unspecified atom stereocenters. The third-order valence-corrected chi connectivity index (χ3v) is 2.84. The van der Waals surface area contributed by atoms with Gasteiger partial charge >= 0.3 is 5.97 Å². The maximum atomic E-state index is 10.8. The molecule has 0 heterocycles. The molecule has 3 N–H and O–H groups in total. The third-order valence-electron chi connectivity index (χ3n) is 1.95. The van der Waals surface area contributed by atoms with E-state index in [0.29, 0.717) is 11.3 Å². The molecular formula is C12H11BrN2O3S. The number of carboxylic acids is 1. The molecule has 0 spiro atoms. The van der Waals surface area contributed by atoms with Crippen LogP contribution in [-0.2, 0) is 9.59 Å². The van der Waals surface area contributed by atoms with E-state index in [1.54, 1.807) is 18.2 Å². The van der Waals surface area contributed by atoms with E-state index in [1.807, 2.05) is 0 Å². The molecule has 0 aliphatic heterocycles. The van der Waals surface area contributed by atoms with Crippen LogP contribution in [-0.4, -0.2) is 22.1 Å². The summed E-state index contributed by atoms with van der Waals surface area (Å²) in [6.07, 6.45) is 2.50. The number of hydrogen-bond donors (Lipinski definition) is 3. The van der Waals surface area contributed by atoms with E-state index in [4.69, 9.17) is 17.3 Å². The zero-order valence-electron chi connectivity index (χ0n) is 9.94. The van der Waals surface area contributed by atoms with Gasteiger partial charge in [-0.2, -0.15) is 0 Å². The summed E-state index contributed by atoms with van der Waals surface area (Å²) >= 11 is 8.28. The molecule has 1 rings (SSSR count). The fraction of sp³-hybridized carbons (Fsp3) is 0.0833. The Morgan fingerprint density at radius 3 is 2.68 bits per heavy atom. The van der Waals surface area contributed by atoms with E-state index in [9.17, 15) is 9.59 Å². The van der Waals surface area contributed by atoms with Crippen LogP contribution in [0.4, 0.5) is 5.69 Å². The molecule has 0 atom stereocenters. The number of benzene rings is 1. The fourth-order valence-electron chi connectivity index (χ4n) is 1.22. The summed E-state index contributed by atoms with van der Waals surface area (Å²) in [5, 5.41) is 14.0. The molecule has 19 heavy (non-hydrogen) atoms. The lowest BCUT2D eigenvalue weighted by molar-refractivity contribution is -0.131. The van der Waals surface area contributed by atoms with Crippen molar-refractivity contribution >= 4 is 56.9 Å². The molecule has 0 fully saturated rings. The number of carbonyl (C=O) groups excluding carboxylic acids is 1. The van der Waals surface area contributed by atoms with Crippen molar-refractivity contribution in [1.29, 1.82) is 0 Å². The van der Waals surface area contributed by atoms with E-state index in [-0.39, 0.29) is 11.0 Å². The van der Waals surface area contributed by atoms with Crippen LogP contribution in [0.5, 0.6) is 0 Å². The predicted octanol–water partition coefficient (Wildman–Crippen LogP) is 2.38. The Morgan fingerprint density at radius 1 is 1.42 bits per heavy atom. The molecule has 0 aromatic heterocycles. The highest BCUT2D eigenvalue weighted by Gasteiger charge is 2.04. The SMILES string of the molecule is CC(=O)NC(=S)Nc1cc(/C=C/C(=O)O)ccc1Br. The molecule has 0 aliphatic carbocycles. The Kier molecular flexibility index (Phi) is 5.65. The first-order valence-corrected chi connectivity index (χ1v) is 6.37. The quantitative estimate of drug-likeness (QED) is 0.580.